The molecule has 6 heteroatoms. The van der Waals surface area contributed by atoms with Gasteiger partial charge >= 0.3 is 14.8 Å². The highest BCUT2D eigenvalue weighted by molar-refractivity contribution is 6.60. The molecule has 0 rings (SSSR count). The van der Waals surface area contributed by atoms with E-state index in [-0.39, 0.29) is 6.42 Å². The van der Waals surface area contributed by atoms with E-state index in [1.165, 1.54) is 0 Å². The van der Waals surface area contributed by atoms with Crippen LogP contribution in [0.4, 0.5) is 0 Å². The smallest absolute Gasteiger partial charge is 0.481 e. The lowest BCUT2D eigenvalue weighted by atomic mass is 10.3. The highest BCUT2D eigenvalue weighted by Gasteiger charge is 2.39. The van der Waals surface area contributed by atoms with Gasteiger partial charge in [0.25, 0.3) is 0 Å². The Morgan fingerprint density at radius 2 is 1.56 bits per heavy atom. The summed E-state index contributed by atoms with van der Waals surface area (Å²) in [5.41, 5.74) is 0. The van der Waals surface area contributed by atoms with Crippen LogP contribution in [0.3, 0.4) is 0 Å². The Bertz CT molecular complexity index is 238. The first kappa shape index (κ1) is 17.3. The SMILES string of the molecule is CCO[Si](CC/C=C/CC(=O)O)(OCC)OCC. The molecular formula is C12H24O5Si. The van der Waals surface area contributed by atoms with Gasteiger partial charge in [-0.1, -0.05) is 12.2 Å². The van der Waals surface area contributed by atoms with E-state index in [0.29, 0.717) is 32.3 Å². The number of rotatable bonds is 11. The molecule has 0 aromatic carbocycles. The van der Waals surface area contributed by atoms with E-state index >= 15 is 0 Å². The molecule has 0 saturated heterocycles. The summed E-state index contributed by atoms with van der Waals surface area (Å²) >= 11 is 0. The van der Waals surface area contributed by atoms with Crippen molar-refractivity contribution >= 4 is 14.8 Å². The first-order valence-electron chi connectivity index (χ1n) is 6.38. The van der Waals surface area contributed by atoms with Gasteiger partial charge in [0.1, 0.15) is 0 Å². The zero-order valence-corrected chi connectivity index (χ0v) is 12.5. The van der Waals surface area contributed by atoms with Gasteiger partial charge in [0.15, 0.2) is 0 Å². The fraction of sp³-hybridized carbons (Fsp3) is 0.750. The van der Waals surface area contributed by atoms with E-state index in [1.807, 2.05) is 26.8 Å². The summed E-state index contributed by atoms with van der Waals surface area (Å²) in [4.78, 5) is 10.4. The van der Waals surface area contributed by atoms with Crippen molar-refractivity contribution in [3.05, 3.63) is 12.2 Å². The van der Waals surface area contributed by atoms with Crippen LogP contribution in [0.5, 0.6) is 0 Å². The second-order valence-electron chi connectivity index (χ2n) is 3.59. The molecule has 0 fully saturated rings. The molecule has 0 bridgehead atoms. The molecule has 0 aliphatic carbocycles. The fourth-order valence-electron chi connectivity index (χ4n) is 1.56. The molecule has 0 radical (unpaired) electrons. The van der Waals surface area contributed by atoms with E-state index < -0.39 is 14.8 Å². The van der Waals surface area contributed by atoms with Crippen LogP contribution in [0.15, 0.2) is 12.2 Å². The van der Waals surface area contributed by atoms with Gasteiger partial charge in [-0.2, -0.15) is 0 Å². The molecule has 0 aromatic heterocycles. The van der Waals surface area contributed by atoms with Crippen molar-refractivity contribution in [3.8, 4) is 0 Å². The van der Waals surface area contributed by atoms with Crippen molar-refractivity contribution in [3.63, 3.8) is 0 Å². The minimum atomic E-state index is -2.57. The number of carboxylic acids is 1. The summed E-state index contributed by atoms with van der Waals surface area (Å²) in [6, 6.07) is 0.679. The van der Waals surface area contributed by atoms with Crippen molar-refractivity contribution < 1.29 is 23.2 Å². The minimum Gasteiger partial charge on any atom is -0.481 e. The first-order chi connectivity index (χ1) is 8.60. The Morgan fingerprint density at radius 1 is 1.06 bits per heavy atom. The fourth-order valence-corrected chi connectivity index (χ4v) is 4.09. The Balaban J connectivity index is 4.28. The van der Waals surface area contributed by atoms with E-state index in [2.05, 4.69) is 0 Å². The summed E-state index contributed by atoms with van der Waals surface area (Å²) in [6.45, 7) is 7.43. The van der Waals surface area contributed by atoms with Crippen LogP contribution in [0.1, 0.15) is 33.6 Å². The maximum absolute atomic E-state index is 10.4. The van der Waals surface area contributed by atoms with Gasteiger partial charge in [-0.05, 0) is 27.2 Å². The van der Waals surface area contributed by atoms with Crippen molar-refractivity contribution in [1.29, 1.82) is 0 Å². The molecule has 0 atom stereocenters. The standard InChI is InChI=1S/C12H24O5Si/c1-4-15-18(16-5-2,17-6-3)11-9-7-8-10-12(13)14/h7-8H,4-6,9-11H2,1-3H3,(H,13,14)/b8-7+. The summed E-state index contributed by atoms with van der Waals surface area (Å²) in [5, 5.41) is 8.51. The molecule has 18 heavy (non-hydrogen) atoms. The van der Waals surface area contributed by atoms with Crippen molar-refractivity contribution in [2.75, 3.05) is 19.8 Å². The third-order valence-corrected chi connectivity index (χ3v) is 5.26. The summed E-state index contributed by atoms with van der Waals surface area (Å²) in [7, 11) is -2.57. The Morgan fingerprint density at radius 3 is 1.94 bits per heavy atom. The molecule has 0 aromatic rings. The highest BCUT2D eigenvalue weighted by Crippen LogP contribution is 2.18. The first-order valence-corrected chi connectivity index (χ1v) is 8.32. The zero-order valence-electron chi connectivity index (χ0n) is 11.5. The lowest BCUT2D eigenvalue weighted by Gasteiger charge is -2.28. The highest BCUT2D eigenvalue weighted by atomic mass is 28.4. The normalized spacial score (nSPS) is 12.2. The van der Waals surface area contributed by atoms with Crippen LogP contribution in [0.25, 0.3) is 0 Å². The average Bonchev–Trinajstić information content (AvgIpc) is 2.29. The number of hydrogen-bond acceptors (Lipinski definition) is 4. The van der Waals surface area contributed by atoms with Gasteiger partial charge in [-0.15, -0.1) is 0 Å². The number of carboxylic acid groups (broad SMARTS) is 1. The van der Waals surface area contributed by atoms with Crippen molar-refractivity contribution in [2.45, 2.75) is 39.7 Å². The molecule has 106 valence electrons. The maximum atomic E-state index is 10.4. The van der Waals surface area contributed by atoms with E-state index in [9.17, 15) is 4.79 Å². The number of aliphatic carboxylic acids is 1. The zero-order chi connectivity index (χ0) is 13.9. The van der Waals surface area contributed by atoms with Gasteiger partial charge in [-0.3, -0.25) is 4.79 Å². The Kier molecular flexibility index (Phi) is 9.86. The lowest BCUT2D eigenvalue weighted by molar-refractivity contribution is -0.136. The second kappa shape index (κ2) is 10.2. The number of hydrogen-bond donors (Lipinski definition) is 1. The molecule has 0 spiro atoms. The van der Waals surface area contributed by atoms with Gasteiger partial charge in [0.05, 0.1) is 6.42 Å². The average molecular weight is 276 g/mol. The molecule has 5 nitrogen and oxygen atoms in total. The van der Waals surface area contributed by atoms with Crippen LogP contribution < -0.4 is 0 Å². The molecule has 0 heterocycles. The summed E-state index contributed by atoms with van der Waals surface area (Å²) < 4.78 is 17.0. The van der Waals surface area contributed by atoms with Gasteiger partial charge in [-0.25, -0.2) is 0 Å². The monoisotopic (exact) mass is 276 g/mol. The summed E-state index contributed by atoms with van der Waals surface area (Å²) in [5.74, 6) is -0.825. The maximum Gasteiger partial charge on any atom is 0.501 e. The number of allylic oxidation sites excluding steroid dienone is 1. The van der Waals surface area contributed by atoms with E-state index in [4.69, 9.17) is 18.4 Å². The van der Waals surface area contributed by atoms with Crippen molar-refractivity contribution in [1.82, 2.24) is 0 Å². The summed E-state index contributed by atoms with van der Waals surface area (Å²) in [6.07, 6.45) is 4.24. The second-order valence-corrected chi connectivity index (χ2v) is 6.32. The molecule has 0 amide bonds. The van der Waals surface area contributed by atoms with E-state index in [1.54, 1.807) is 6.08 Å². The molecule has 0 aliphatic heterocycles. The molecule has 1 N–H and O–H groups in total. The van der Waals surface area contributed by atoms with Crippen LogP contribution in [-0.4, -0.2) is 39.7 Å². The van der Waals surface area contributed by atoms with Crippen LogP contribution in [-0.2, 0) is 18.1 Å². The minimum absolute atomic E-state index is 0.0481. The Hall–Kier alpha value is -0.693. The third-order valence-electron chi connectivity index (χ3n) is 2.17. The third kappa shape index (κ3) is 7.60. The lowest BCUT2D eigenvalue weighted by Crippen LogP contribution is -2.45. The molecule has 0 unspecified atom stereocenters. The molecule has 0 saturated carbocycles. The van der Waals surface area contributed by atoms with Crippen LogP contribution >= 0.6 is 0 Å². The van der Waals surface area contributed by atoms with Gasteiger partial charge in [0.2, 0.25) is 0 Å². The van der Waals surface area contributed by atoms with E-state index in [0.717, 1.165) is 0 Å². The topological polar surface area (TPSA) is 65.0 Å². The molecular weight excluding hydrogens is 252 g/mol. The molecule has 0 aliphatic rings. The predicted octanol–water partition coefficient (Wildman–Crippen LogP) is 2.46. The van der Waals surface area contributed by atoms with Crippen molar-refractivity contribution in [2.24, 2.45) is 0 Å². The van der Waals surface area contributed by atoms with Gasteiger partial charge in [0, 0.05) is 25.9 Å². The van der Waals surface area contributed by atoms with Gasteiger partial charge < -0.3 is 18.4 Å². The Labute approximate surface area is 110 Å². The quantitative estimate of drug-likeness (QED) is 0.464. The largest absolute Gasteiger partial charge is 0.501 e. The van der Waals surface area contributed by atoms with Crippen LogP contribution in [0.2, 0.25) is 6.04 Å². The van der Waals surface area contributed by atoms with Crippen LogP contribution in [0, 0.1) is 0 Å². The predicted molar refractivity (Wildman–Crippen MR) is 71.4 cm³/mol. The number of carbonyl (C=O) groups is 1.